The molecule has 1 N–H and O–H groups in total. The van der Waals surface area contributed by atoms with Crippen LogP contribution in [0.3, 0.4) is 0 Å². The number of aromatic amines is 1. The molecule has 1 atom stereocenters. The van der Waals surface area contributed by atoms with Crippen molar-refractivity contribution in [2.75, 3.05) is 20.2 Å². The number of nitrogens with zero attached hydrogens (tertiary/aromatic N) is 3. The fraction of sp³-hybridized carbons (Fsp3) is 0.458. The van der Waals surface area contributed by atoms with Crippen LogP contribution < -0.4 is 4.74 Å². The zero-order chi connectivity index (χ0) is 21.6. The standard InChI is InChI=1S/C24H30N4O3/c1-3-4-7-19-14-22(27-26-19)24(29)28-12-5-6-18(16-28)23-25-15-21(31-23)13-17-8-10-20(30-2)11-9-17/h8-11,14-15,18H,3-7,12-13,16H2,1-2H3,(H,26,27). The van der Waals surface area contributed by atoms with Crippen molar-refractivity contribution < 1.29 is 13.9 Å². The molecular weight excluding hydrogens is 392 g/mol. The number of carbonyl (C=O) groups is 1. The van der Waals surface area contributed by atoms with Gasteiger partial charge in [0.1, 0.15) is 17.2 Å². The Bertz CT molecular complexity index is 992. The Balaban J connectivity index is 1.38. The van der Waals surface area contributed by atoms with E-state index in [1.807, 2.05) is 35.2 Å². The summed E-state index contributed by atoms with van der Waals surface area (Å²) in [5.74, 6) is 2.47. The summed E-state index contributed by atoms with van der Waals surface area (Å²) in [6, 6.07) is 9.83. The number of hydrogen-bond donors (Lipinski definition) is 1. The molecule has 1 amide bonds. The summed E-state index contributed by atoms with van der Waals surface area (Å²) in [5.41, 5.74) is 2.66. The minimum absolute atomic E-state index is 0.0197. The number of ether oxygens (including phenoxy) is 1. The van der Waals surface area contributed by atoms with Crippen molar-refractivity contribution in [3.63, 3.8) is 0 Å². The van der Waals surface area contributed by atoms with E-state index in [1.165, 1.54) is 0 Å². The maximum absolute atomic E-state index is 12.9. The number of nitrogens with one attached hydrogen (secondary N) is 1. The lowest BCUT2D eigenvalue weighted by atomic mass is 9.97. The lowest BCUT2D eigenvalue weighted by Gasteiger charge is -2.30. The van der Waals surface area contributed by atoms with Crippen LogP contribution in [0.5, 0.6) is 5.75 Å². The van der Waals surface area contributed by atoms with E-state index in [-0.39, 0.29) is 11.8 Å². The van der Waals surface area contributed by atoms with Crippen molar-refractivity contribution >= 4 is 5.91 Å². The smallest absolute Gasteiger partial charge is 0.274 e. The minimum atomic E-state index is -0.0197. The number of piperidine rings is 1. The number of benzene rings is 1. The third kappa shape index (κ3) is 5.16. The topological polar surface area (TPSA) is 84.2 Å². The van der Waals surface area contributed by atoms with Gasteiger partial charge in [0.2, 0.25) is 0 Å². The molecule has 0 aliphatic carbocycles. The van der Waals surface area contributed by atoms with Crippen LogP contribution in [0.15, 0.2) is 40.9 Å². The molecule has 1 unspecified atom stereocenters. The highest BCUT2D eigenvalue weighted by atomic mass is 16.5. The Morgan fingerprint density at radius 2 is 2.16 bits per heavy atom. The molecule has 1 aliphatic rings. The Kier molecular flexibility index (Phi) is 6.70. The number of unbranched alkanes of at least 4 members (excludes halogenated alkanes) is 1. The zero-order valence-electron chi connectivity index (χ0n) is 18.3. The first-order valence-corrected chi connectivity index (χ1v) is 11.1. The normalized spacial score (nSPS) is 16.5. The van der Waals surface area contributed by atoms with Gasteiger partial charge < -0.3 is 14.1 Å². The number of hydrogen-bond acceptors (Lipinski definition) is 5. The molecule has 2 aromatic heterocycles. The van der Waals surface area contributed by atoms with Crippen LogP contribution in [-0.2, 0) is 12.8 Å². The number of oxazole rings is 1. The van der Waals surface area contributed by atoms with Crippen molar-refractivity contribution in [3.05, 3.63) is 65.1 Å². The highest BCUT2D eigenvalue weighted by Gasteiger charge is 2.29. The van der Waals surface area contributed by atoms with Crippen LogP contribution in [-0.4, -0.2) is 46.2 Å². The molecule has 0 spiro atoms. The van der Waals surface area contributed by atoms with Crippen LogP contribution >= 0.6 is 0 Å². The molecular formula is C24H30N4O3. The van der Waals surface area contributed by atoms with Crippen LogP contribution in [0.25, 0.3) is 0 Å². The van der Waals surface area contributed by atoms with Crippen LogP contribution in [0.1, 0.15) is 71.9 Å². The number of rotatable bonds is 8. The number of aryl methyl sites for hydroxylation is 1. The predicted octanol–water partition coefficient (Wildman–Crippen LogP) is 4.36. The van der Waals surface area contributed by atoms with Gasteiger partial charge in [0, 0.05) is 25.2 Å². The van der Waals surface area contributed by atoms with Crippen molar-refractivity contribution in [1.82, 2.24) is 20.1 Å². The van der Waals surface area contributed by atoms with Gasteiger partial charge >= 0.3 is 0 Å². The summed E-state index contributed by atoms with van der Waals surface area (Å²) in [6.07, 6.45) is 7.51. The van der Waals surface area contributed by atoms with E-state index in [2.05, 4.69) is 22.1 Å². The second kappa shape index (κ2) is 9.81. The van der Waals surface area contributed by atoms with Gasteiger partial charge in [0.15, 0.2) is 5.89 Å². The fourth-order valence-corrected chi connectivity index (χ4v) is 4.03. The third-order valence-corrected chi connectivity index (χ3v) is 5.82. The van der Waals surface area contributed by atoms with Crippen molar-refractivity contribution in [3.8, 4) is 5.75 Å². The molecule has 7 heteroatoms. The maximum Gasteiger partial charge on any atom is 0.274 e. The average molecular weight is 423 g/mol. The number of amides is 1. The number of H-pyrrole nitrogens is 1. The quantitative estimate of drug-likeness (QED) is 0.583. The van der Waals surface area contributed by atoms with Gasteiger partial charge in [-0.15, -0.1) is 0 Å². The molecule has 1 fully saturated rings. The zero-order valence-corrected chi connectivity index (χ0v) is 18.3. The van der Waals surface area contributed by atoms with E-state index in [4.69, 9.17) is 9.15 Å². The molecule has 0 radical (unpaired) electrons. The monoisotopic (exact) mass is 422 g/mol. The van der Waals surface area contributed by atoms with E-state index in [0.717, 1.165) is 61.4 Å². The van der Waals surface area contributed by atoms with Gasteiger partial charge in [0.25, 0.3) is 5.91 Å². The summed E-state index contributed by atoms with van der Waals surface area (Å²) in [5, 5.41) is 7.24. The number of likely N-dealkylation sites (tertiary alicyclic amines) is 1. The Hall–Kier alpha value is -3.09. The molecule has 1 aromatic carbocycles. The highest BCUT2D eigenvalue weighted by Crippen LogP contribution is 2.28. The molecule has 3 heterocycles. The van der Waals surface area contributed by atoms with E-state index >= 15 is 0 Å². The van der Waals surface area contributed by atoms with Gasteiger partial charge in [0.05, 0.1) is 19.2 Å². The molecule has 4 rings (SSSR count). The molecule has 0 saturated carbocycles. The van der Waals surface area contributed by atoms with Crippen LogP contribution in [0.2, 0.25) is 0 Å². The van der Waals surface area contributed by atoms with Crippen LogP contribution in [0, 0.1) is 0 Å². The second-order valence-electron chi connectivity index (χ2n) is 8.16. The van der Waals surface area contributed by atoms with Crippen LogP contribution in [0.4, 0.5) is 0 Å². The molecule has 1 saturated heterocycles. The fourth-order valence-electron chi connectivity index (χ4n) is 4.03. The van der Waals surface area contributed by atoms with E-state index in [9.17, 15) is 4.79 Å². The number of aromatic nitrogens is 3. The summed E-state index contributed by atoms with van der Waals surface area (Å²) >= 11 is 0. The maximum atomic E-state index is 12.9. The second-order valence-corrected chi connectivity index (χ2v) is 8.16. The molecule has 1 aliphatic heterocycles. The minimum Gasteiger partial charge on any atom is -0.497 e. The summed E-state index contributed by atoms with van der Waals surface area (Å²) in [7, 11) is 1.66. The summed E-state index contributed by atoms with van der Waals surface area (Å²) in [6.45, 7) is 3.51. The first-order chi connectivity index (χ1) is 15.2. The molecule has 164 valence electrons. The Morgan fingerprint density at radius 1 is 1.32 bits per heavy atom. The van der Waals surface area contributed by atoms with E-state index in [0.29, 0.717) is 24.6 Å². The van der Waals surface area contributed by atoms with Crippen molar-refractivity contribution in [1.29, 1.82) is 0 Å². The van der Waals surface area contributed by atoms with Gasteiger partial charge in [-0.2, -0.15) is 5.10 Å². The number of carbonyl (C=O) groups excluding carboxylic acids is 1. The SMILES string of the molecule is CCCCc1cc(C(=O)N2CCCC(c3ncc(Cc4ccc(OC)cc4)o3)C2)n[nH]1. The summed E-state index contributed by atoms with van der Waals surface area (Å²) < 4.78 is 11.3. The first kappa shape index (κ1) is 21.2. The first-order valence-electron chi connectivity index (χ1n) is 11.1. The van der Waals surface area contributed by atoms with Gasteiger partial charge in [-0.3, -0.25) is 9.89 Å². The molecule has 3 aromatic rings. The Labute approximate surface area is 182 Å². The van der Waals surface area contributed by atoms with Gasteiger partial charge in [-0.1, -0.05) is 25.5 Å². The van der Waals surface area contributed by atoms with E-state index < -0.39 is 0 Å². The molecule has 0 bridgehead atoms. The van der Waals surface area contributed by atoms with Crippen molar-refractivity contribution in [2.45, 2.75) is 51.4 Å². The van der Waals surface area contributed by atoms with Gasteiger partial charge in [-0.05, 0) is 49.4 Å². The lowest BCUT2D eigenvalue weighted by Crippen LogP contribution is -2.39. The largest absolute Gasteiger partial charge is 0.497 e. The Morgan fingerprint density at radius 3 is 2.94 bits per heavy atom. The highest BCUT2D eigenvalue weighted by molar-refractivity contribution is 5.92. The van der Waals surface area contributed by atoms with E-state index in [1.54, 1.807) is 13.3 Å². The third-order valence-electron chi connectivity index (χ3n) is 5.82. The van der Waals surface area contributed by atoms with Crippen molar-refractivity contribution in [2.24, 2.45) is 0 Å². The van der Waals surface area contributed by atoms with Gasteiger partial charge in [-0.25, -0.2) is 4.98 Å². The molecule has 31 heavy (non-hydrogen) atoms. The lowest BCUT2D eigenvalue weighted by molar-refractivity contribution is 0.0692. The predicted molar refractivity (Wildman–Crippen MR) is 117 cm³/mol. The molecule has 7 nitrogen and oxygen atoms in total. The number of methoxy groups -OCH3 is 1. The summed E-state index contributed by atoms with van der Waals surface area (Å²) in [4.78, 5) is 19.3. The average Bonchev–Trinajstić information content (AvgIpc) is 3.48.